The van der Waals surface area contributed by atoms with Gasteiger partial charge in [-0.05, 0) is 36.2 Å². The zero-order chi connectivity index (χ0) is 15.1. The molecule has 0 aromatic heterocycles. The third-order valence-corrected chi connectivity index (χ3v) is 3.08. The average Bonchev–Trinajstić information content (AvgIpc) is 2.52. The monoisotopic (exact) mass is 286 g/mol. The summed E-state index contributed by atoms with van der Waals surface area (Å²) in [5, 5.41) is 13.8. The fourth-order valence-corrected chi connectivity index (χ4v) is 1.93. The lowest BCUT2D eigenvalue weighted by molar-refractivity contribution is -0.384. The van der Waals surface area contributed by atoms with Crippen molar-refractivity contribution >= 4 is 11.4 Å². The second-order valence-electron chi connectivity index (χ2n) is 4.58. The summed E-state index contributed by atoms with van der Waals surface area (Å²) in [6.45, 7) is 3.29. The van der Waals surface area contributed by atoms with Gasteiger partial charge in [0.05, 0.1) is 4.92 Å². The molecule has 0 fully saturated rings. The number of nitrogens with zero attached hydrogens (tertiary/aromatic N) is 1. The van der Waals surface area contributed by atoms with Crippen LogP contribution in [0, 0.1) is 10.1 Å². The van der Waals surface area contributed by atoms with E-state index in [1.165, 1.54) is 17.7 Å². The molecule has 0 unspecified atom stereocenters. The van der Waals surface area contributed by atoms with Crippen LogP contribution in [0.15, 0.2) is 48.5 Å². The zero-order valence-electron chi connectivity index (χ0n) is 11.9. The van der Waals surface area contributed by atoms with Gasteiger partial charge in [-0.2, -0.15) is 0 Å². The molecule has 0 saturated heterocycles. The van der Waals surface area contributed by atoms with Gasteiger partial charge in [-0.25, -0.2) is 0 Å². The molecule has 0 aliphatic rings. The second kappa shape index (κ2) is 7.28. The molecule has 2 aromatic rings. The maximum Gasteiger partial charge on any atom is 0.269 e. The summed E-state index contributed by atoms with van der Waals surface area (Å²) in [6, 6.07) is 14.3. The lowest BCUT2D eigenvalue weighted by Crippen LogP contribution is -2.11. The van der Waals surface area contributed by atoms with Crippen LogP contribution in [0.5, 0.6) is 5.75 Å². The Labute approximate surface area is 123 Å². The zero-order valence-corrected chi connectivity index (χ0v) is 11.9. The van der Waals surface area contributed by atoms with Gasteiger partial charge in [0, 0.05) is 24.4 Å². The summed E-state index contributed by atoms with van der Waals surface area (Å²) in [5.74, 6) is 0.629. The molecule has 2 rings (SSSR count). The normalized spacial score (nSPS) is 10.1. The predicted octanol–water partition coefficient (Wildman–Crippen LogP) is 3.65. The Balaban J connectivity index is 1.77. The van der Waals surface area contributed by atoms with E-state index in [0.29, 0.717) is 18.9 Å². The highest BCUT2D eigenvalue weighted by Crippen LogP contribution is 2.17. The molecule has 0 saturated carbocycles. The van der Waals surface area contributed by atoms with Crippen LogP contribution in [-0.2, 0) is 6.42 Å². The largest absolute Gasteiger partial charge is 0.492 e. The third kappa shape index (κ3) is 4.49. The fraction of sp³-hybridized carbons (Fsp3) is 0.250. The summed E-state index contributed by atoms with van der Waals surface area (Å²) in [7, 11) is 0. The van der Waals surface area contributed by atoms with Gasteiger partial charge in [-0.1, -0.05) is 19.1 Å². The van der Waals surface area contributed by atoms with E-state index in [9.17, 15) is 10.1 Å². The Morgan fingerprint density at radius 3 is 2.62 bits per heavy atom. The summed E-state index contributed by atoms with van der Waals surface area (Å²) in [6.07, 6.45) is 1.01. The summed E-state index contributed by atoms with van der Waals surface area (Å²) in [4.78, 5) is 10.1. The van der Waals surface area contributed by atoms with Gasteiger partial charge in [-0.15, -0.1) is 0 Å². The minimum atomic E-state index is -0.425. The SMILES string of the molecule is CCc1cccc(NCCOc2ccc([N+](=O)[O-])cc2)c1. The second-order valence-corrected chi connectivity index (χ2v) is 4.58. The van der Waals surface area contributed by atoms with Gasteiger partial charge in [0.2, 0.25) is 0 Å². The molecule has 2 aromatic carbocycles. The molecule has 110 valence electrons. The highest BCUT2D eigenvalue weighted by atomic mass is 16.6. The Kier molecular flexibility index (Phi) is 5.15. The molecule has 0 spiro atoms. The van der Waals surface area contributed by atoms with Crippen LogP contribution >= 0.6 is 0 Å². The number of nitrogens with one attached hydrogen (secondary N) is 1. The van der Waals surface area contributed by atoms with E-state index < -0.39 is 4.92 Å². The van der Waals surface area contributed by atoms with Gasteiger partial charge in [0.15, 0.2) is 0 Å². The van der Waals surface area contributed by atoms with Crippen LogP contribution in [0.1, 0.15) is 12.5 Å². The van der Waals surface area contributed by atoms with Crippen molar-refractivity contribution in [1.29, 1.82) is 0 Å². The Hall–Kier alpha value is -2.56. The molecule has 21 heavy (non-hydrogen) atoms. The average molecular weight is 286 g/mol. The van der Waals surface area contributed by atoms with Gasteiger partial charge < -0.3 is 10.1 Å². The van der Waals surface area contributed by atoms with E-state index in [4.69, 9.17) is 4.74 Å². The van der Waals surface area contributed by atoms with Crippen molar-refractivity contribution in [2.45, 2.75) is 13.3 Å². The van der Waals surface area contributed by atoms with Crippen LogP contribution in [-0.4, -0.2) is 18.1 Å². The van der Waals surface area contributed by atoms with E-state index >= 15 is 0 Å². The number of hydrogen-bond acceptors (Lipinski definition) is 4. The highest BCUT2D eigenvalue weighted by Gasteiger charge is 2.04. The van der Waals surface area contributed by atoms with Crippen molar-refractivity contribution in [1.82, 2.24) is 0 Å². The number of ether oxygens (including phenoxy) is 1. The van der Waals surface area contributed by atoms with E-state index in [2.05, 4.69) is 24.4 Å². The van der Waals surface area contributed by atoms with Crippen molar-refractivity contribution < 1.29 is 9.66 Å². The van der Waals surface area contributed by atoms with Gasteiger partial charge in [0.25, 0.3) is 5.69 Å². The van der Waals surface area contributed by atoms with Crippen molar-refractivity contribution in [2.24, 2.45) is 0 Å². The third-order valence-electron chi connectivity index (χ3n) is 3.08. The van der Waals surface area contributed by atoms with Gasteiger partial charge in [0.1, 0.15) is 12.4 Å². The van der Waals surface area contributed by atoms with E-state index in [1.807, 2.05) is 12.1 Å². The number of anilines is 1. The Morgan fingerprint density at radius 2 is 1.95 bits per heavy atom. The molecule has 5 nitrogen and oxygen atoms in total. The standard InChI is InChI=1S/C16H18N2O3/c1-2-13-4-3-5-14(12-13)17-10-11-21-16-8-6-15(7-9-16)18(19)20/h3-9,12,17H,2,10-11H2,1H3. The number of nitro groups is 1. The lowest BCUT2D eigenvalue weighted by Gasteiger charge is -2.09. The maximum absolute atomic E-state index is 10.5. The molecule has 0 radical (unpaired) electrons. The van der Waals surface area contributed by atoms with E-state index in [-0.39, 0.29) is 5.69 Å². The van der Waals surface area contributed by atoms with E-state index in [1.54, 1.807) is 12.1 Å². The quantitative estimate of drug-likeness (QED) is 0.479. The first-order valence-corrected chi connectivity index (χ1v) is 6.89. The summed E-state index contributed by atoms with van der Waals surface area (Å²) in [5.41, 5.74) is 2.43. The van der Waals surface area contributed by atoms with Crippen molar-refractivity contribution in [3.8, 4) is 5.75 Å². The first-order valence-electron chi connectivity index (χ1n) is 6.89. The van der Waals surface area contributed by atoms with Gasteiger partial charge in [-0.3, -0.25) is 10.1 Å². The first-order chi connectivity index (χ1) is 10.2. The minimum absolute atomic E-state index is 0.0665. The Morgan fingerprint density at radius 1 is 1.19 bits per heavy atom. The maximum atomic E-state index is 10.5. The molecule has 1 N–H and O–H groups in total. The predicted molar refractivity (Wildman–Crippen MR) is 82.9 cm³/mol. The van der Waals surface area contributed by atoms with Crippen molar-refractivity contribution in [2.75, 3.05) is 18.5 Å². The lowest BCUT2D eigenvalue weighted by atomic mass is 10.1. The topological polar surface area (TPSA) is 64.4 Å². The summed E-state index contributed by atoms with van der Waals surface area (Å²) < 4.78 is 5.53. The smallest absolute Gasteiger partial charge is 0.269 e. The van der Waals surface area contributed by atoms with Gasteiger partial charge >= 0.3 is 0 Å². The molecule has 0 bridgehead atoms. The fourth-order valence-electron chi connectivity index (χ4n) is 1.93. The number of hydrogen-bond donors (Lipinski definition) is 1. The number of nitro benzene ring substituents is 1. The number of rotatable bonds is 7. The summed E-state index contributed by atoms with van der Waals surface area (Å²) >= 11 is 0. The molecular weight excluding hydrogens is 268 g/mol. The van der Waals surface area contributed by atoms with Crippen molar-refractivity contribution in [3.63, 3.8) is 0 Å². The molecular formula is C16H18N2O3. The van der Waals surface area contributed by atoms with Crippen molar-refractivity contribution in [3.05, 3.63) is 64.2 Å². The van der Waals surface area contributed by atoms with Crippen LogP contribution in [0.3, 0.4) is 0 Å². The Bertz CT molecular complexity index is 597. The van der Waals surface area contributed by atoms with Crippen LogP contribution < -0.4 is 10.1 Å². The van der Waals surface area contributed by atoms with Crippen LogP contribution in [0.4, 0.5) is 11.4 Å². The molecule has 0 amide bonds. The number of aryl methyl sites for hydroxylation is 1. The number of benzene rings is 2. The number of non-ortho nitro benzene ring substituents is 1. The van der Waals surface area contributed by atoms with E-state index in [0.717, 1.165) is 12.1 Å². The highest BCUT2D eigenvalue weighted by molar-refractivity contribution is 5.45. The molecule has 5 heteroatoms. The molecule has 0 aliphatic heterocycles. The first kappa shape index (κ1) is 14.8. The molecule has 0 atom stereocenters. The van der Waals surface area contributed by atoms with Crippen LogP contribution in [0.2, 0.25) is 0 Å². The van der Waals surface area contributed by atoms with Crippen LogP contribution in [0.25, 0.3) is 0 Å². The minimum Gasteiger partial charge on any atom is -0.492 e. The molecule has 0 aliphatic carbocycles. The molecule has 0 heterocycles.